The Morgan fingerprint density at radius 2 is 1.69 bits per heavy atom. The molecule has 0 spiro atoms. The summed E-state index contributed by atoms with van der Waals surface area (Å²) in [7, 11) is -4.69. The van der Waals surface area contributed by atoms with E-state index in [0.29, 0.717) is 25.7 Å². The summed E-state index contributed by atoms with van der Waals surface area (Å²) in [6, 6.07) is 1.84. The van der Waals surface area contributed by atoms with E-state index in [4.69, 9.17) is 5.26 Å². The molecular formula is C9H14F2N2O2S. The first-order valence-electron chi connectivity index (χ1n) is 5.14. The fourth-order valence-electron chi connectivity index (χ4n) is 1.89. The smallest absolute Gasteiger partial charge is 0.206 e. The second-order valence-electron chi connectivity index (χ2n) is 4.02. The summed E-state index contributed by atoms with van der Waals surface area (Å²) in [5, 5.41) is 8.99. The molecule has 1 saturated carbocycles. The van der Waals surface area contributed by atoms with Gasteiger partial charge >= 0.3 is 5.76 Å². The number of sulfonamides is 1. The van der Waals surface area contributed by atoms with E-state index in [1.54, 1.807) is 0 Å². The Hall–Kier alpha value is -0.740. The second kappa shape index (κ2) is 5.06. The van der Waals surface area contributed by atoms with Gasteiger partial charge in [0.1, 0.15) is 5.54 Å². The zero-order valence-corrected chi connectivity index (χ0v) is 9.56. The van der Waals surface area contributed by atoms with Gasteiger partial charge < -0.3 is 0 Å². The van der Waals surface area contributed by atoms with Gasteiger partial charge in [-0.15, -0.1) is 0 Å². The predicted octanol–water partition coefficient (Wildman–Crippen LogP) is 1.74. The normalized spacial score (nSPS) is 21.4. The number of halogens is 2. The van der Waals surface area contributed by atoms with Crippen LogP contribution in [0.25, 0.3) is 0 Å². The average Bonchev–Trinajstić information content (AvgIpc) is 2.43. The minimum Gasteiger partial charge on any atom is -0.206 e. The van der Waals surface area contributed by atoms with Gasteiger partial charge in [0.05, 0.1) is 6.07 Å². The summed E-state index contributed by atoms with van der Waals surface area (Å²) < 4.78 is 48.4. The molecule has 0 aromatic heterocycles. The summed E-state index contributed by atoms with van der Waals surface area (Å²) in [6.07, 6.45) is 3.77. The van der Waals surface area contributed by atoms with Crippen LogP contribution < -0.4 is 4.72 Å². The van der Waals surface area contributed by atoms with Crippen LogP contribution in [-0.4, -0.2) is 19.7 Å². The summed E-state index contributed by atoms with van der Waals surface area (Å²) in [5.74, 6) is -3.49. The molecule has 0 aliphatic heterocycles. The van der Waals surface area contributed by atoms with Crippen LogP contribution in [0.4, 0.5) is 8.78 Å². The first-order valence-corrected chi connectivity index (χ1v) is 6.69. The lowest BCUT2D eigenvalue weighted by Crippen LogP contribution is -2.48. The third-order valence-corrected chi connectivity index (χ3v) is 3.89. The number of nitriles is 1. The number of rotatable bonds is 3. The molecule has 0 unspecified atom stereocenters. The van der Waals surface area contributed by atoms with Crippen LogP contribution in [0.3, 0.4) is 0 Å². The van der Waals surface area contributed by atoms with E-state index in [9.17, 15) is 17.2 Å². The van der Waals surface area contributed by atoms with Crippen molar-refractivity contribution in [1.29, 1.82) is 5.26 Å². The molecule has 1 aliphatic rings. The van der Waals surface area contributed by atoms with Crippen molar-refractivity contribution in [3.63, 3.8) is 0 Å². The molecule has 1 rings (SSSR count). The quantitative estimate of drug-likeness (QED) is 0.778. The summed E-state index contributed by atoms with van der Waals surface area (Å²) in [4.78, 5) is 0. The second-order valence-corrected chi connectivity index (χ2v) is 5.67. The number of nitrogens with zero attached hydrogens (tertiary/aromatic N) is 1. The SMILES string of the molecule is N#CC1(NS(=O)(=O)C(F)F)CCCCCC1. The molecule has 1 N–H and O–H groups in total. The van der Waals surface area contributed by atoms with Crippen LogP contribution in [0.15, 0.2) is 0 Å². The van der Waals surface area contributed by atoms with Crippen molar-refractivity contribution in [3.05, 3.63) is 0 Å². The maximum atomic E-state index is 12.2. The molecule has 4 nitrogen and oxygen atoms in total. The van der Waals surface area contributed by atoms with Crippen LogP contribution in [0.1, 0.15) is 38.5 Å². The van der Waals surface area contributed by atoms with E-state index < -0.39 is 21.3 Å². The third kappa shape index (κ3) is 3.12. The van der Waals surface area contributed by atoms with Crippen LogP contribution in [0.2, 0.25) is 0 Å². The minimum atomic E-state index is -4.69. The molecule has 0 heterocycles. The summed E-state index contributed by atoms with van der Waals surface area (Å²) in [5.41, 5.74) is -1.34. The van der Waals surface area contributed by atoms with Gasteiger partial charge in [0.15, 0.2) is 0 Å². The van der Waals surface area contributed by atoms with Crippen molar-refractivity contribution in [2.75, 3.05) is 0 Å². The molecule has 1 fully saturated rings. The molecule has 92 valence electrons. The van der Waals surface area contributed by atoms with E-state index in [-0.39, 0.29) is 0 Å². The van der Waals surface area contributed by atoms with E-state index >= 15 is 0 Å². The maximum absolute atomic E-state index is 12.2. The topological polar surface area (TPSA) is 70.0 Å². The maximum Gasteiger partial charge on any atom is 0.350 e. The van der Waals surface area contributed by atoms with Gasteiger partial charge in [-0.1, -0.05) is 25.7 Å². The molecule has 0 saturated heterocycles. The van der Waals surface area contributed by atoms with E-state index in [0.717, 1.165) is 12.8 Å². The summed E-state index contributed by atoms with van der Waals surface area (Å²) in [6.45, 7) is 0. The van der Waals surface area contributed by atoms with Crippen molar-refractivity contribution in [2.45, 2.75) is 49.8 Å². The number of alkyl halides is 2. The highest BCUT2D eigenvalue weighted by molar-refractivity contribution is 7.89. The van der Waals surface area contributed by atoms with Gasteiger partial charge in [-0.3, -0.25) is 0 Å². The Bertz CT molecular complexity index is 367. The van der Waals surface area contributed by atoms with Crippen molar-refractivity contribution in [1.82, 2.24) is 4.72 Å². The molecule has 7 heteroatoms. The van der Waals surface area contributed by atoms with E-state index in [2.05, 4.69) is 0 Å². The Balaban J connectivity index is 2.85. The Labute approximate surface area is 93.7 Å². The lowest BCUT2D eigenvalue weighted by atomic mass is 9.94. The van der Waals surface area contributed by atoms with Crippen molar-refractivity contribution in [2.24, 2.45) is 0 Å². The highest BCUT2D eigenvalue weighted by Gasteiger charge is 2.38. The monoisotopic (exact) mass is 252 g/mol. The number of nitrogens with one attached hydrogen (secondary N) is 1. The third-order valence-electron chi connectivity index (χ3n) is 2.74. The largest absolute Gasteiger partial charge is 0.350 e. The molecule has 1 aliphatic carbocycles. The molecule has 0 aromatic rings. The highest BCUT2D eigenvalue weighted by Crippen LogP contribution is 2.28. The van der Waals surface area contributed by atoms with Crippen LogP contribution in [-0.2, 0) is 10.0 Å². The molecule has 0 amide bonds. The lowest BCUT2D eigenvalue weighted by Gasteiger charge is -2.25. The van der Waals surface area contributed by atoms with Crippen LogP contribution in [0, 0.1) is 11.3 Å². The molecule has 16 heavy (non-hydrogen) atoms. The highest BCUT2D eigenvalue weighted by atomic mass is 32.2. The first-order chi connectivity index (χ1) is 7.42. The Morgan fingerprint density at radius 3 is 2.06 bits per heavy atom. The van der Waals surface area contributed by atoms with Gasteiger partial charge in [-0.25, -0.2) is 8.42 Å². The van der Waals surface area contributed by atoms with Gasteiger partial charge in [0, 0.05) is 0 Å². The van der Waals surface area contributed by atoms with Gasteiger partial charge in [-0.2, -0.15) is 18.8 Å². The van der Waals surface area contributed by atoms with Gasteiger partial charge in [0.25, 0.3) is 10.0 Å². The number of hydrogen-bond acceptors (Lipinski definition) is 3. The van der Waals surface area contributed by atoms with Crippen LogP contribution >= 0.6 is 0 Å². The van der Waals surface area contributed by atoms with E-state index in [1.165, 1.54) is 0 Å². The van der Waals surface area contributed by atoms with Crippen molar-refractivity contribution >= 4 is 10.0 Å². The zero-order valence-electron chi connectivity index (χ0n) is 8.75. The standard InChI is InChI=1S/C9H14F2N2O2S/c10-8(11)16(14,15)13-9(7-12)5-3-1-2-4-6-9/h8,13H,1-6H2. The Kier molecular flexibility index (Phi) is 4.21. The molecule has 0 radical (unpaired) electrons. The Morgan fingerprint density at radius 1 is 1.19 bits per heavy atom. The van der Waals surface area contributed by atoms with Crippen molar-refractivity contribution < 1.29 is 17.2 Å². The average molecular weight is 252 g/mol. The minimum absolute atomic E-state index is 0.301. The van der Waals surface area contributed by atoms with Crippen LogP contribution in [0.5, 0.6) is 0 Å². The molecule has 0 atom stereocenters. The lowest BCUT2D eigenvalue weighted by molar-refractivity contribution is 0.228. The fourth-order valence-corrected chi connectivity index (χ4v) is 2.77. The fraction of sp³-hybridized carbons (Fsp3) is 0.889. The van der Waals surface area contributed by atoms with Gasteiger partial charge in [-0.05, 0) is 12.8 Å². The first kappa shape index (κ1) is 13.3. The van der Waals surface area contributed by atoms with Gasteiger partial charge in [0.2, 0.25) is 0 Å². The van der Waals surface area contributed by atoms with E-state index in [1.807, 2.05) is 10.8 Å². The molecule has 0 aromatic carbocycles. The molecular weight excluding hydrogens is 238 g/mol. The number of hydrogen-bond donors (Lipinski definition) is 1. The zero-order chi connectivity index (χ0) is 12.2. The van der Waals surface area contributed by atoms with Crippen molar-refractivity contribution in [3.8, 4) is 6.07 Å². The molecule has 0 bridgehead atoms. The summed E-state index contributed by atoms with van der Waals surface area (Å²) >= 11 is 0. The predicted molar refractivity (Wildman–Crippen MR) is 54.1 cm³/mol.